The van der Waals surface area contributed by atoms with Crippen LogP contribution in [0.2, 0.25) is 0 Å². The number of aliphatic imine (C=N–C) groups is 1. The van der Waals surface area contributed by atoms with Crippen LogP contribution in [-0.4, -0.2) is 56.9 Å². The van der Waals surface area contributed by atoms with Gasteiger partial charge in [-0.3, -0.25) is 4.99 Å². The van der Waals surface area contributed by atoms with E-state index in [0.717, 1.165) is 45.2 Å². The van der Waals surface area contributed by atoms with Crippen LogP contribution in [0.4, 0.5) is 0 Å². The van der Waals surface area contributed by atoms with Gasteiger partial charge in [0.25, 0.3) is 0 Å². The molecule has 2 atom stereocenters. The van der Waals surface area contributed by atoms with E-state index in [0.29, 0.717) is 18.6 Å². The summed E-state index contributed by atoms with van der Waals surface area (Å²) in [4.78, 5) is 6.80. The first kappa shape index (κ1) is 18.2. The Bertz CT molecular complexity index is 529. The zero-order valence-electron chi connectivity index (χ0n) is 15.3. The highest BCUT2D eigenvalue weighted by molar-refractivity contribution is 5.80. The number of rotatable bonds is 7. The molecule has 25 heavy (non-hydrogen) atoms. The molecule has 1 aromatic rings. The number of guanidine groups is 1. The van der Waals surface area contributed by atoms with E-state index in [4.69, 9.17) is 9.47 Å². The minimum absolute atomic E-state index is 0.434. The quantitative estimate of drug-likeness (QED) is 0.610. The van der Waals surface area contributed by atoms with E-state index in [1.165, 1.54) is 24.8 Å². The fraction of sp³-hybridized carbons (Fsp3) is 0.650. The Balaban J connectivity index is 1.34. The van der Waals surface area contributed by atoms with Crippen LogP contribution in [0.15, 0.2) is 35.3 Å². The van der Waals surface area contributed by atoms with Crippen molar-refractivity contribution < 1.29 is 9.47 Å². The van der Waals surface area contributed by atoms with E-state index in [9.17, 15) is 0 Å². The van der Waals surface area contributed by atoms with Crippen molar-refractivity contribution >= 4 is 5.96 Å². The molecule has 2 unspecified atom stereocenters. The predicted molar refractivity (Wildman–Crippen MR) is 101 cm³/mol. The van der Waals surface area contributed by atoms with Gasteiger partial charge in [0.05, 0.1) is 19.3 Å². The van der Waals surface area contributed by atoms with E-state index in [1.807, 2.05) is 13.1 Å². The lowest BCUT2D eigenvalue weighted by atomic mass is 10.1. The summed E-state index contributed by atoms with van der Waals surface area (Å²) in [6.07, 6.45) is 5.07. The standard InChI is InChI=1S/C20H31N3O2/c1-21-20(22-11-9-19-8-5-13-25-19)23-12-10-18(14-23)16-24-15-17-6-3-2-4-7-17/h2-4,6-7,18-19H,5,8-16H2,1H3,(H,21,22). The Kier molecular flexibility index (Phi) is 7.12. The van der Waals surface area contributed by atoms with Gasteiger partial charge >= 0.3 is 0 Å². The molecule has 2 saturated heterocycles. The summed E-state index contributed by atoms with van der Waals surface area (Å²) in [5.74, 6) is 1.60. The van der Waals surface area contributed by atoms with Crippen LogP contribution in [-0.2, 0) is 16.1 Å². The monoisotopic (exact) mass is 345 g/mol. The van der Waals surface area contributed by atoms with Gasteiger partial charge in [-0.1, -0.05) is 30.3 Å². The van der Waals surface area contributed by atoms with Crippen molar-refractivity contribution in [3.63, 3.8) is 0 Å². The molecule has 5 heteroatoms. The molecule has 0 saturated carbocycles. The molecule has 0 amide bonds. The Hall–Kier alpha value is -1.59. The molecule has 3 rings (SSSR count). The Morgan fingerprint density at radius 2 is 2.20 bits per heavy atom. The summed E-state index contributed by atoms with van der Waals surface area (Å²) in [5, 5.41) is 3.50. The second kappa shape index (κ2) is 9.78. The molecule has 1 aromatic carbocycles. The Labute approximate surface area is 151 Å². The third-order valence-corrected chi connectivity index (χ3v) is 5.04. The van der Waals surface area contributed by atoms with Gasteiger partial charge in [0.2, 0.25) is 0 Å². The molecule has 138 valence electrons. The van der Waals surface area contributed by atoms with Crippen molar-refractivity contribution in [2.75, 3.05) is 39.9 Å². The molecule has 5 nitrogen and oxygen atoms in total. The van der Waals surface area contributed by atoms with Crippen LogP contribution in [0.3, 0.4) is 0 Å². The van der Waals surface area contributed by atoms with Crippen LogP contribution in [0.25, 0.3) is 0 Å². The molecule has 0 bridgehead atoms. The summed E-state index contributed by atoms with van der Waals surface area (Å²) in [6, 6.07) is 10.4. The fourth-order valence-electron chi connectivity index (χ4n) is 3.63. The highest BCUT2D eigenvalue weighted by atomic mass is 16.5. The van der Waals surface area contributed by atoms with Crippen molar-refractivity contribution in [1.29, 1.82) is 0 Å². The van der Waals surface area contributed by atoms with Crippen molar-refractivity contribution in [3.8, 4) is 0 Å². The maximum Gasteiger partial charge on any atom is 0.193 e. The number of nitrogens with one attached hydrogen (secondary N) is 1. The molecule has 2 fully saturated rings. The maximum atomic E-state index is 5.91. The van der Waals surface area contributed by atoms with Gasteiger partial charge in [-0.2, -0.15) is 0 Å². The van der Waals surface area contributed by atoms with E-state index in [1.54, 1.807) is 0 Å². The molecule has 0 spiro atoms. The molecule has 1 N–H and O–H groups in total. The number of hydrogen-bond acceptors (Lipinski definition) is 3. The Morgan fingerprint density at radius 1 is 1.32 bits per heavy atom. The second-order valence-corrected chi connectivity index (χ2v) is 7.00. The second-order valence-electron chi connectivity index (χ2n) is 7.00. The SMILES string of the molecule is CN=C(NCCC1CCCO1)N1CCC(COCc2ccccc2)C1. The van der Waals surface area contributed by atoms with Gasteiger partial charge in [-0.15, -0.1) is 0 Å². The molecule has 2 heterocycles. The van der Waals surface area contributed by atoms with E-state index >= 15 is 0 Å². The normalized spacial score (nSPS) is 24.0. The first-order valence-corrected chi connectivity index (χ1v) is 9.54. The average molecular weight is 345 g/mol. The fourth-order valence-corrected chi connectivity index (χ4v) is 3.63. The van der Waals surface area contributed by atoms with E-state index < -0.39 is 0 Å². The minimum Gasteiger partial charge on any atom is -0.378 e. The molecule has 2 aliphatic rings. The van der Waals surface area contributed by atoms with Gasteiger partial charge in [0, 0.05) is 39.2 Å². The first-order chi connectivity index (χ1) is 12.3. The summed E-state index contributed by atoms with van der Waals surface area (Å²) in [5.41, 5.74) is 1.24. The van der Waals surface area contributed by atoms with Crippen molar-refractivity contribution in [3.05, 3.63) is 35.9 Å². The molecular weight excluding hydrogens is 314 g/mol. The van der Waals surface area contributed by atoms with Gasteiger partial charge in [-0.05, 0) is 31.2 Å². The number of nitrogens with zero attached hydrogens (tertiary/aromatic N) is 2. The van der Waals surface area contributed by atoms with Crippen LogP contribution in [0, 0.1) is 5.92 Å². The molecule has 0 aromatic heterocycles. The largest absolute Gasteiger partial charge is 0.378 e. The lowest BCUT2D eigenvalue weighted by molar-refractivity contribution is 0.0906. The number of likely N-dealkylation sites (tertiary alicyclic amines) is 1. The smallest absolute Gasteiger partial charge is 0.193 e. The van der Waals surface area contributed by atoms with Gasteiger partial charge in [0.15, 0.2) is 5.96 Å². The summed E-state index contributed by atoms with van der Waals surface area (Å²) in [7, 11) is 1.87. The van der Waals surface area contributed by atoms with E-state index in [2.05, 4.69) is 39.5 Å². The van der Waals surface area contributed by atoms with Crippen molar-refractivity contribution in [2.24, 2.45) is 10.9 Å². The van der Waals surface area contributed by atoms with Crippen LogP contribution < -0.4 is 5.32 Å². The number of benzene rings is 1. The predicted octanol–water partition coefficient (Wildman–Crippen LogP) is 2.67. The van der Waals surface area contributed by atoms with E-state index in [-0.39, 0.29) is 0 Å². The lowest BCUT2D eigenvalue weighted by Crippen LogP contribution is -2.41. The van der Waals surface area contributed by atoms with Crippen LogP contribution in [0.1, 0.15) is 31.2 Å². The van der Waals surface area contributed by atoms with Gasteiger partial charge in [-0.25, -0.2) is 0 Å². The van der Waals surface area contributed by atoms with Gasteiger partial charge < -0.3 is 19.7 Å². The number of ether oxygens (including phenoxy) is 2. The Morgan fingerprint density at radius 3 is 2.96 bits per heavy atom. The molecule has 0 aliphatic carbocycles. The third kappa shape index (κ3) is 5.72. The molecular formula is C20H31N3O2. The van der Waals surface area contributed by atoms with Crippen molar-refractivity contribution in [2.45, 2.75) is 38.4 Å². The first-order valence-electron chi connectivity index (χ1n) is 9.54. The topological polar surface area (TPSA) is 46.1 Å². The number of hydrogen-bond donors (Lipinski definition) is 1. The highest BCUT2D eigenvalue weighted by Gasteiger charge is 2.25. The van der Waals surface area contributed by atoms with Gasteiger partial charge in [0.1, 0.15) is 0 Å². The van der Waals surface area contributed by atoms with Crippen LogP contribution in [0.5, 0.6) is 0 Å². The molecule has 0 radical (unpaired) electrons. The minimum atomic E-state index is 0.434. The highest BCUT2D eigenvalue weighted by Crippen LogP contribution is 2.18. The zero-order valence-corrected chi connectivity index (χ0v) is 15.3. The summed E-state index contributed by atoms with van der Waals surface area (Å²) < 4.78 is 11.6. The summed E-state index contributed by atoms with van der Waals surface area (Å²) >= 11 is 0. The summed E-state index contributed by atoms with van der Waals surface area (Å²) in [6.45, 7) is 5.45. The van der Waals surface area contributed by atoms with Crippen LogP contribution >= 0.6 is 0 Å². The molecule has 2 aliphatic heterocycles. The lowest BCUT2D eigenvalue weighted by Gasteiger charge is -2.22. The maximum absolute atomic E-state index is 5.91. The van der Waals surface area contributed by atoms with Crippen molar-refractivity contribution in [1.82, 2.24) is 10.2 Å². The zero-order chi connectivity index (χ0) is 17.3. The third-order valence-electron chi connectivity index (χ3n) is 5.04. The average Bonchev–Trinajstić information content (AvgIpc) is 3.32.